The molecule has 0 aliphatic carbocycles. The van der Waals surface area contributed by atoms with E-state index in [9.17, 15) is 18.0 Å². The number of alkyl halides is 3. The predicted octanol–water partition coefficient (Wildman–Crippen LogP) is 1.63. The van der Waals surface area contributed by atoms with Crippen LogP contribution in [0.5, 0.6) is 0 Å². The standard InChI is InChI=1S/C16H24N4O2.C2HF3O2/c21-16(14-4-3-9-22-14)20-8-7-19-11-13(17-15(19)12-20)10-18-5-1-2-6-18;3-2(4,5)1(6)7/h11,14H,1-10,12H2;(H,6,7). The van der Waals surface area contributed by atoms with E-state index in [4.69, 9.17) is 19.6 Å². The van der Waals surface area contributed by atoms with Gasteiger partial charge in [-0.2, -0.15) is 13.2 Å². The molecular weight excluding hydrogens is 393 g/mol. The van der Waals surface area contributed by atoms with E-state index in [2.05, 4.69) is 15.7 Å². The number of hydrogen-bond acceptors (Lipinski definition) is 5. The van der Waals surface area contributed by atoms with Crippen LogP contribution in [0, 0.1) is 0 Å². The lowest BCUT2D eigenvalue weighted by Gasteiger charge is -2.29. The van der Waals surface area contributed by atoms with Gasteiger partial charge in [-0.1, -0.05) is 0 Å². The molecule has 2 fully saturated rings. The van der Waals surface area contributed by atoms with Crippen LogP contribution in [0.1, 0.15) is 37.2 Å². The fraction of sp³-hybridized carbons (Fsp3) is 0.722. The number of nitrogens with zero attached hydrogens (tertiary/aromatic N) is 4. The summed E-state index contributed by atoms with van der Waals surface area (Å²) in [5.74, 6) is -1.59. The summed E-state index contributed by atoms with van der Waals surface area (Å²) in [7, 11) is 0. The number of hydrogen-bond donors (Lipinski definition) is 1. The third-order valence-corrected chi connectivity index (χ3v) is 5.20. The van der Waals surface area contributed by atoms with Crippen molar-refractivity contribution in [3.8, 4) is 0 Å². The molecule has 1 aromatic heterocycles. The average molecular weight is 418 g/mol. The fourth-order valence-corrected chi connectivity index (χ4v) is 3.72. The lowest BCUT2D eigenvalue weighted by molar-refractivity contribution is -0.192. The van der Waals surface area contributed by atoms with Crippen LogP contribution >= 0.6 is 0 Å². The molecule has 1 amide bonds. The second-order valence-corrected chi connectivity index (χ2v) is 7.39. The minimum Gasteiger partial charge on any atom is -0.475 e. The lowest BCUT2D eigenvalue weighted by Crippen LogP contribution is -2.43. The molecule has 8 nitrogen and oxygen atoms in total. The van der Waals surface area contributed by atoms with E-state index in [0.717, 1.165) is 50.6 Å². The Hall–Kier alpha value is -2.14. The number of halogens is 3. The first-order valence-corrected chi connectivity index (χ1v) is 9.72. The smallest absolute Gasteiger partial charge is 0.475 e. The molecule has 0 aromatic carbocycles. The summed E-state index contributed by atoms with van der Waals surface area (Å²) in [6.45, 7) is 6.28. The van der Waals surface area contributed by atoms with Crippen molar-refractivity contribution in [3.63, 3.8) is 0 Å². The van der Waals surface area contributed by atoms with Gasteiger partial charge in [0.2, 0.25) is 0 Å². The number of carboxylic acid groups (broad SMARTS) is 1. The zero-order valence-electron chi connectivity index (χ0n) is 16.0. The number of aliphatic carboxylic acids is 1. The van der Waals surface area contributed by atoms with Gasteiger partial charge in [0.15, 0.2) is 0 Å². The van der Waals surface area contributed by atoms with E-state index in [1.165, 1.54) is 25.9 Å². The highest BCUT2D eigenvalue weighted by atomic mass is 19.4. The van der Waals surface area contributed by atoms with Gasteiger partial charge < -0.3 is 19.3 Å². The highest BCUT2D eigenvalue weighted by Crippen LogP contribution is 2.20. The molecule has 162 valence electrons. The van der Waals surface area contributed by atoms with E-state index in [0.29, 0.717) is 6.54 Å². The number of carbonyl (C=O) groups excluding carboxylic acids is 1. The summed E-state index contributed by atoms with van der Waals surface area (Å²) >= 11 is 0. The van der Waals surface area contributed by atoms with E-state index in [-0.39, 0.29) is 12.0 Å². The Balaban J connectivity index is 0.000000298. The number of aromatic nitrogens is 2. The van der Waals surface area contributed by atoms with Gasteiger partial charge in [-0.05, 0) is 38.8 Å². The fourth-order valence-electron chi connectivity index (χ4n) is 3.72. The molecular formula is C18H25F3N4O4. The van der Waals surface area contributed by atoms with Gasteiger partial charge in [-0.15, -0.1) is 0 Å². The number of ether oxygens (including phenoxy) is 1. The molecule has 1 atom stereocenters. The third-order valence-electron chi connectivity index (χ3n) is 5.20. The highest BCUT2D eigenvalue weighted by molar-refractivity contribution is 5.81. The minimum atomic E-state index is -5.08. The first kappa shape index (κ1) is 21.6. The normalized spacial score (nSPS) is 22.2. The van der Waals surface area contributed by atoms with Crippen LogP contribution in [0.3, 0.4) is 0 Å². The number of rotatable bonds is 3. The Morgan fingerprint density at radius 3 is 2.45 bits per heavy atom. The van der Waals surface area contributed by atoms with Gasteiger partial charge >= 0.3 is 12.1 Å². The minimum absolute atomic E-state index is 0.146. The van der Waals surface area contributed by atoms with Gasteiger partial charge in [-0.3, -0.25) is 9.69 Å². The van der Waals surface area contributed by atoms with Gasteiger partial charge in [0, 0.05) is 32.4 Å². The van der Waals surface area contributed by atoms with Crippen molar-refractivity contribution in [2.45, 2.75) is 57.6 Å². The van der Waals surface area contributed by atoms with Crippen molar-refractivity contribution < 1.29 is 32.6 Å². The lowest BCUT2D eigenvalue weighted by atomic mass is 10.2. The van der Waals surface area contributed by atoms with E-state index < -0.39 is 12.1 Å². The molecule has 0 radical (unpaired) electrons. The van der Waals surface area contributed by atoms with Crippen LogP contribution in [0.4, 0.5) is 13.2 Å². The summed E-state index contributed by atoms with van der Waals surface area (Å²) in [5, 5.41) is 7.12. The molecule has 3 aliphatic heterocycles. The van der Waals surface area contributed by atoms with Gasteiger partial charge in [-0.25, -0.2) is 9.78 Å². The molecule has 1 N–H and O–H groups in total. The van der Waals surface area contributed by atoms with Crippen molar-refractivity contribution in [1.29, 1.82) is 0 Å². The topological polar surface area (TPSA) is 87.9 Å². The Morgan fingerprint density at radius 2 is 1.86 bits per heavy atom. The van der Waals surface area contributed by atoms with Crippen molar-refractivity contribution in [1.82, 2.24) is 19.4 Å². The van der Waals surface area contributed by atoms with Crippen LogP contribution in [-0.2, 0) is 34.0 Å². The second kappa shape index (κ2) is 9.12. The Morgan fingerprint density at radius 1 is 1.17 bits per heavy atom. The van der Waals surface area contributed by atoms with Crippen molar-refractivity contribution >= 4 is 11.9 Å². The SMILES string of the molecule is O=C(C1CCCO1)N1CCn2cc(CN3CCCC3)nc2C1.O=C(O)C(F)(F)F. The van der Waals surface area contributed by atoms with Crippen molar-refractivity contribution in [2.75, 3.05) is 26.2 Å². The van der Waals surface area contributed by atoms with Crippen LogP contribution in [-0.4, -0.2) is 74.9 Å². The molecule has 29 heavy (non-hydrogen) atoms. The summed E-state index contributed by atoms with van der Waals surface area (Å²) in [6.07, 6.45) is 1.34. The van der Waals surface area contributed by atoms with Crippen LogP contribution in [0.25, 0.3) is 0 Å². The number of amides is 1. The third kappa shape index (κ3) is 5.69. The first-order chi connectivity index (χ1) is 13.7. The number of imidazole rings is 1. The van der Waals surface area contributed by atoms with E-state index in [1.807, 2.05) is 4.90 Å². The zero-order valence-corrected chi connectivity index (χ0v) is 16.0. The monoisotopic (exact) mass is 418 g/mol. The summed E-state index contributed by atoms with van der Waals surface area (Å²) in [4.78, 5) is 30.5. The first-order valence-electron chi connectivity index (χ1n) is 9.72. The molecule has 4 heterocycles. The van der Waals surface area contributed by atoms with Gasteiger partial charge in [0.05, 0.1) is 12.2 Å². The van der Waals surface area contributed by atoms with Gasteiger partial charge in [0.25, 0.3) is 5.91 Å². The van der Waals surface area contributed by atoms with Crippen LogP contribution < -0.4 is 0 Å². The largest absolute Gasteiger partial charge is 0.490 e. The number of fused-ring (bicyclic) bond motifs is 1. The molecule has 1 unspecified atom stereocenters. The maximum Gasteiger partial charge on any atom is 0.490 e. The van der Waals surface area contributed by atoms with E-state index >= 15 is 0 Å². The highest BCUT2D eigenvalue weighted by Gasteiger charge is 2.38. The molecule has 2 saturated heterocycles. The summed E-state index contributed by atoms with van der Waals surface area (Å²) < 4.78 is 39.5. The molecule has 0 spiro atoms. The summed E-state index contributed by atoms with van der Waals surface area (Å²) in [6, 6.07) is 0. The molecule has 4 rings (SSSR count). The second-order valence-electron chi connectivity index (χ2n) is 7.39. The zero-order chi connectivity index (χ0) is 21.0. The maximum absolute atomic E-state index is 12.5. The van der Waals surface area contributed by atoms with Crippen LogP contribution in [0.2, 0.25) is 0 Å². The maximum atomic E-state index is 12.5. The Bertz CT molecular complexity index is 725. The Kier molecular flexibility index (Phi) is 6.78. The number of carbonyl (C=O) groups is 2. The van der Waals surface area contributed by atoms with Crippen molar-refractivity contribution in [2.24, 2.45) is 0 Å². The number of likely N-dealkylation sites (tertiary alicyclic amines) is 1. The van der Waals surface area contributed by atoms with Gasteiger partial charge in [0.1, 0.15) is 11.9 Å². The van der Waals surface area contributed by atoms with E-state index in [1.54, 1.807) is 0 Å². The average Bonchev–Trinajstić information content (AvgIpc) is 3.42. The summed E-state index contributed by atoms with van der Waals surface area (Å²) in [5.41, 5.74) is 1.14. The van der Waals surface area contributed by atoms with Crippen LogP contribution in [0.15, 0.2) is 6.20 Å². The molecule has 3 aliphatic rings. The quantitative estimate of drug-likeness (QED) is 0.803. The van der Waals surface area contributed by atoms with Crippen molar-refractivity contribution in [3.05, 3.63) is 17.7 Å². The molecule has 1 aromatic rings. The number of carboxylic acids is 1. The molecule has 0 saturated carbocycles. The predicted molar refractivity (Wildman–Crippen MR) is 94.8 cm³/mol. The molecule has 0 bridgehead atoms. The Labute approximate surface area is 166 Å². The molecule has 11 heteroatoms.